The monoisotopic (exact) mass is 217 g/mol. The van der Waals surface area contributed by atoms with Crippen molar-refractivity contribution < 1.29 is 4.74 Å². The summed E-state index contributed by atoms with van der Waals surface area (Å²) in [5.41, 5.74) is 1.27. The van der Waals surface area contributed by atoms with Crippen LogP contribution in [0.2, 0.25) is 0 Å². The Bertz CT molecular complexity index is 488. The first-order valence-electron chi connectivity index (χ1n) is 4.71. The molecular formula is C10H11N5O. The molecule has 1 N–H and O–H groups in total. The molecule has 0 aliphatic rings. The molecule has 2 rings (SSSR count). The van der Waals surface area contributed by atoms with Crippen LogP contribution >= 0.6 is 0 Å². The fourth-order valence-corrected chi connectivity index (χ4v) is 1.26. The Morgan fingerprint density at radius 3 is 2.69 bits per heavy atom. The molecule has 0 bridgehead atoms. The number of rotatable bonds is 3. The Balaban J connectivity index is 2.49. The maximum atomic E-state index is 5.12. The van der Waals surface area contributed by atoms with Crippen LogP contribution in [0.1, 0.15) is 0 Å². The van der Waals surface area contributed by atoms with Crippen molar-refractivity contribution in [1.29, 1.82) is 0 Å². The average molecular weight is 217 g/mol. The quantitative estimate of drug-likeness (QED) is 0.826. The lowest BCUT2D eigenvalue weighted by atomic mass is 10.3. The lowest BCUT2D eigenvalue weighted by molar-refractivity contribution is 0.397. The smallest absolute Gasteiger partial charge is 0.241 e. The molecule has 2 aromatic heterocycles. The van der Waals surface area contributed by atoms with Crippen molar-refractivity contribution in [2.24, 2.45) is 0 Å². The summed E-state index contributed by atoms with van der Waals surface area (Å²) in [6.07, 6.45) is 4.82. The van der Waals surface area contributed by atoms with E-state index in [0.717, 1.165) is 0 Å². The van der Waals surface area contributed by atoms with E-state index in [-0.39, 0.29) is 0 Å². The second-order valence-electron chi connectivity index (χ2n) is 2.93. The van der Waals surface area contributed by atoms with Gasteiger partial charge in [-0.05, 0) is 6.07 Å². The zero-order chi connectivity index (χ0) is 11.4. The topological polar surface area (TPSA) is 72.8 Å². The maximum Gasteiger partial charge on any atom is 0.241 e. The van der Waals surface area contributed by atoms with Crippen LogP contribution in [0.4, 0.5) is 5.95 Å². The Morgan fingerprint density at radius 2 is 1.94 bits per heavy atom. The first-order valence-corrected chi connectivity index (χ1v) is 4.71. The molecule has 6 nitrogen and oxygen atoms in total. The van der Waals surface area contributed by atoms with Crippen molar-refractivity contribution in [2.75, 3.05) is 19.5 Å². The van der Waals surface area contributed by atoms with Crippen molar-refractivity contribution >= 4 is 5.95 Å². The van der Waals surface area contributed by atoms with Gasteiger partial charge in [-0.25, -0.2) is 19.9 Å². The van der Waals surface area contributed by atoms with Crippen molar-refractivity contribution in [1.82, 2.24) is 19.9 Å². The van der Waals surface area contributed by atoms with E-state index in [1.54, 1.807) is 38.8 Å². The number of aromatic nitrogens is 4. The lowest BCUT2D eigenvalue weighted by Crippen LogP contribution is -1.99. The fraction of sp³-hybridized carbons (Fsp3) is 0.200. The summed E-state index contributed by atoms with van der Waals surface area (Å²) in [4.78, 5) is 16.5. The maximum absolute atomic E-state index is 5.12. The van der Waals surface area contributed by atoms with Crippen LogP contribution < -0.4 is 10.1 Å². The van der Waals surface area contributed by atoms with Crippen LogP contribution in [0.5, 0.6) is 5.88 Å². The van der Waals surface area contributed by atoms with Crippen molar-refractivity contribution in [3.05, 3.63) is 24.7 Å². The summed E-state index contributed by atoms with van der Waals surface area (Å²) in [6.45, 7) is 0. The molecule has 0 aromatic carbocycles. The van der Waals surface area contributed by atoms with Gasteiger partial charge >= 0.3 is 0 Å². The molecule has 0 spiro atoms. The van der Waals surface area contributed by atoms with E-state index >= 15 is 0 Å². The zero-order valence-electron chi connectivity index (χ0n) is 9.01. The van der Waals surface area contributed by atoms with Gasteiger partial charge in [-0.15, -0.1) is 0 Å². The number of ether oxygens (including phenoxy) is 1. The lowest BCUT2D eigenvalue weighted by Gasteiger charge is -2.05. The molecule has 2 heterocycles. The minimum absolute atomic E-state index is 0.447. The first kappa shape index (κ1) is 10.3. The first-order chi connectivity index (χ1) is 7.85. The standard InChI is InChI=1S/C10H11N5O/c1-11-10-14-4-3-7(15-10)8-9(16-2)13-6-5-12-8/h3-6H,1-2H3,(H,11,14,15). The molecule has 0 atom stereocenters. The zero-order valence-corrected chi connectivity index (χ0v) is 9.01. The average Bonchev–Trinajstić information content (AvgIpc) is 2.38. The van der Waals surface area contributed by atoms with Crippen LogP contribution in [0.15, 0.2) is 24.7 Å². The molecule has 16 heavy (non-hydrogen) atoms. The van der Waals surface area contributed by atoms with Gasteiger partial charge in [-0.2, -0.15) is 0 Å². The van der Waals surface area contributed by atoms with Gasteiger partial charge in [0.1, 0.15) is 0 Å². The summed E-state index contributed by atoms with van der Waals surface area (Å²) in [7, 11) is 3.31. The van der Waals surface area contributed by atoms with Crippen LogP contribution in [0.25, 0.3) is 11.4 Å². The molecule has 0 amide bonds. The Kier molecular flexibility index (Phi) is 2.90. The van der Waals surface area contributed by atoms with E-state index in [0.29, 0.717) is 23.2 Å². The van der Waals surface area contributed by atoms with E-state index in [9.17, 15) is 0 Å². The second kappa shape index (κ2) is 4.52. The highest BCUT2D eigenvalue weighted by Crippen LogP contribution is 2.23. The molecular weight excluding hydrogens is 206 g/mol. The number of anilines is 1. The van der Waals surface area contributed by atoms with Gasteiger partial charge in [0.05, 0.1) is 12.8 Å². The van der Waals surface area contributed by atoms with Gasteiger partial charge in [0.15, 0.2) is 5.69 Å². The molecule has 0 unspecified atom stereocenters. The van der Waals surface area contributed by atoms with Gasteiger partial charge in [0.25, 0.3) is 0 Å². The van der Waals surface area contributed by atoms with E-state index < -0.39 is 0 Å². The molecule has 0 saturated carbocycles. The van der Waals surface area contributed by atoms with Crippen LogP contribution in [-0.4, -0.2) is 34.1 Å². The van der Waals surface area contributed by atoms with E-state index in [4.69, 9.17) is 4.74 Å². The normalized spacial score (nSPS) is 9.88. The molecule has 0 aliphatic heterocycles. The minimum Gasteiger partial charge on any atom is -0.479 e. The molecule has 0 radical (unpaired) electrons. The third kappa shape index (κ3) is 1.90. The van der Waals surface area contributed by atoms with Crippen molar-refractivity contribution in [3.63, 3.8) is 0 Å². The summed E-state index contributed by atoms with van der Waals surface area (Å²) < 4.78 is 5.12. The molecule has 0 aliphatic carbocycles. The molecule has 2 aromatic rings. The summed E-state index contributed by atoms with van der Waals surface area (Å²) in [6, 6.07) is 1.76. The fourth-order valence-electron chi connectivity index (χ4n) is 1.26. The van der Waals surface area contributed by atoms with Crippen LogP contribution in [0, 0.1) is 0 Å². The summed E-state index contributed by atoms with van der Waals surface area (Å²) in [5, 5.41) is 2.86. The highest BCUT2D eigenvalue weighted by molar-refractivity contribution is 5.60. The number of methoxy groups -OCH3 is 1. The Labute approximate surface area is 92.8 Å². The second-order valence-corrected chi connectivity index (χ2v) is 2.93. The van der Waals surface area contributed by atoms with Gasteiger partial charge in [-0.3, -0.25) is 0 Å². The van der Waals surface area contributed by atoms with Crippen LogP contribution in [0.3, 0.4) is 0 Å². The predicted octanol–water partition coefficient (Wildman–Crippen LogP) is 0.984. The summed E-state index contributed by atoms with van der Waals surface area (Å²) in [5.74, 6) is 0.980. The largest absolute Gasteiger partial charge is 0.479 e. The minimum atomic E-state index is 0.447. The Morgan fingerprint density at radius 1 is 1.12 bits per heavy atom. The third-order valence-electron chi connectivity index (χ3n) is 1.98. The van der Waals surface area contributed by atoms with Crippen molar-refractivity contribution in [2.45, 2.75) is 0 Å². The van der Waals surface area contributed by atoms with E-state index in [1.807, 2.05) is 0 Å². The van der Waals surface area contributed by atoms with E-state index in [2.05, 4.69) is 25.3 Å². The molecule has 82 valence electrons. The number of nitrogens with zero attached hydrogens (tertiary/aromatic N) is 4. The van der Waals surface area contributed by atoms with Gasteiger partial charge < -0.3 is 10.1 Å². The SMILES string of the molecule is CNc1nccc(-c2nccnc2OC)n1. The van der Waals surface area contributed by atoms with Crippen LogP contribution in [-0.2, 0) is 0 Å². The van der Waals surface area contributed by atoms with Gasteiger partial charge in [0.2, 0.25) is 11.8 Å². The van der Waals surface area contributed by atoms with E-state index in [1.165, 1.54) is 0 Å². The highest BCUT2D eigenvalue weighted by Gasteiger charge is 2.09. The molecule has 0 saturated heterocycles. The Hall–Kier alpha value is -2.24. The molecule has 6 heteroatoms. The number of hydrogen-bond donors (Lipinski definition) is 1. The summed E-state index contributed by atoms with van der Waals surface area (Å²) >= 11 is 0. The van der Waals surface area contributed by atoms with Gasteiger partial charge in [-0.1, -0.05) is 0 Å². The number of nitrogens with one attached hydrogen (secondary N) is 1. The molecule has 0 fully saturated rings. The number of hydrogen-bond acceptors (Lipinski definition) is 6. The predicted molar refractivity (Wildman–Crippen MR) is 59.2 cm³/mol. The third-order valence-corrected chi connectivity index (χ3v) is 1.98. The highest BCUT2D eigenvalue weighted by atomic mass is 16.5. The van der Waals surface area contributed by atoms with Gasteiger partial charge in [0, 0.05) is 25.6 Å². The van der Waals surface area contributed by atoms with Crippen molar-refractivity contribution in [3.8, 4) is 17.3 Å².